The minimum absolute atomic E-state index is 0.716. The predicted octanol–water partition coefficient (Wildman–Crippen LogP) is 7.35. The van der Waals surface area contributed by atoms with Crippen molar-refractivity contribution in [2.24, 2.45) is 23.7 Å². The van der Waals surface area contributed by atoms with Crippen LogP contribution in [0.25, 0.3) is 0 Å². The number of likely N-dealkylation sites (tertiary alicyclic amines) is 2. The second-order valence-corrected chi connectivity index (χ2v) is 10.6. The molecule has 0 spiro atoms. The van der Waals surface area contributed by atoms with Gasteiger partial charge in [-0.3, -0.25) is 0 Å². The van der Waals surface area contributed by atoms with Gasteiger partial charge < -0.3 is 14.5 Å². The standard InChI is InChI=1S/C15H31N.C11H23NO.C2H6/c1-12(2)14(5)6-7-15-8-10-16(11-9-15)13(3)4;1-4-13-9-11-5-7-12(8-6-11)10(2)3;1-2/h12-15H,6-11H2,1-5H3;10-11H,4-9H2,1-3H3;1-2H3. The Morgan fingerprint density at radius 1 is 0.710 bits per heavy atom. The lowest BCUT2D eigenvalue weighted by atomic mass is 9.85. The number of hydrogen-bond donors (Lipinski definition) is 0. The van der Waals surface area contributed by atoms with Crippen LogP contribution in [0.5, 0.6) is 0 Å². The summed E-state index contributed by atoms with van der Waals surface area (Å²) in [7, 11) is 0. The zero-order valence-corrected chi connectivity index (χ0v) is 23.3. The van der Waals surface area contributed by atoms with E-state index in [0.29, 0.717) is 6.04 Å². The van der Waals surface area contributed by atoms with Gasteiger partial charge in [0.15, 0.2) is 0 Å². The van der Waals surface area contributed by atoms with E-state index in [2.05, 4.69) is 65.2 Å². The van der Waals surface area contributed by atoms with Crippen LogP contribution in [0, 0.1) is 23.7 Å². The second kappa shape index (κ2) is 18.3. The van der Waals surface area contributed by atoms with Crippen molar-refractivity contribution in [3.05, 3.63) is 0 Å². The number of rotatable bonds is 9. The van der Waals surface area contributed by atoms with E-state index in [1.807, 2.05) is 13.8 Å². The summed E-state index contributed by atoms with van der Waals surface area (Å²) in [6.07, 6.45) is 8.40. The highest BCUT2D eigenvalue weighted by molar-refractivity contribution is 4.75. The smallest absolute Gasteiger partial charge is 0.0495 e. The Bertz CT molecular complexity index is 380. The van der Waals surface area contributed by atoms with Crippen LogP contribution in [0.3, 0.4) is 0 Å². The fourth-order valence-electron chi connectivity index (χ4n) is 4.51. The summed E-state index contributed by atoms with van der Waals surface area (Å²) in [6, 6.07) is 1.46. The molecular formula is C28H60N2O. The van der Waals surface area contributed by atoms with Crippen LogP contribution in [-0.4, -0.2) is 61.3 Å². The van der Waals surface area contributed by atoms with Gasteiger partial charge >= 0.3 is 0 Å². The maximum absolute atomic E-state index is 5.45. The number of hydrogen-bond acceptors (Lipinski definition) is 3. The van der Waals surface area contributed by atoms with Gasteiger partial charge in [0.05, 0.1) is 0 Å². The molecule has 2 saturated heterocycles. The van der Waals surface area contributed by atoms with Gasteiger partial charge in [0.2, 0.25) is 0 Å². The van der Waals surface area contributed by atoms with Crippen LogP contribution in [0.2, 0.25) is 0 Å². The Balaban J connectivity index is 0.000000547. The molecule has 0 saturated carbocycles. The van der Waals surface area contributed by atoms with Crippen molar-refractivity contribution < 1.29 is 4.74 Å². The molecule has 0 N–H and O–H groups in total. The molecule has 3 nitrogen and oxygen atoms in total. The van der Waals surface area contributed by atoms with E-state index in [0.717, 1.165) is 42.9 Å². The topological polar surface area (TPSA) is 15.7 Å². The third kappa shape index (κ3) is 13.9. The third-order valence-corrected chi connectivity index (χ3v) is 7.48. The molecule has 0 bridgehead atoms. The molecule has 0 aliphatic carbocycles. The summed E-state index contributed by atoms with van der Waals surface area (Å²) in [5.74, 6) is 3.59. The Morgan fingerprint density at radius 2 is 1.13 bits per heavy atom. The molecule has 0 amide bonds. The number of ether oxygens (including phenoxy) is 1. The van der Waals surface area contributed by atoms with Crippen molar-refractivity contribution in [1.82, 2.24) is 9.80 Å². The highest BCUT2D eigenvalue weighted by Crippen LogP contribution is 2.26. The number of piperidine rings is 2. The lowest BCUT2D eigenvalue weighted by molar-refractivity contribution is 0.0659. The van der Waals surface area contributed by atoms with Crippen LogP contribution in [-0.2, 0) is 4.74 Å². The monoisotopic (exact) mass is 440 g/mol. The van der Waals surface area contributed by atoms with Gasteiger partial charge in [0, 0.05) is 25.3 Å². The Kier molecular flexibility index (Phi) is 18.3. The molecular weight excluding hydrogens is 380 g/mol. The van der Waals surface area contributed by atoms with Crippen molar-refractivity contribution in [2.75, 3.05) is 39.4 Å². The van der Waals surface area contributed by atoms with E-state index in [9.17, 15) is 0 Å². The van der Waals surface area contributed by atoms with Gasteiger partial charge in [0.1, 0.15) is 0 Å². The predicted molar refractivity (Wildman–Crippen MR) is 140 cm³/mol. The van der Waals surface area contributed by atoms with E-state index in [4.69, 9.17) is 4.74 Å². The first-order valence-corrected chi connectivity index (χ1v) is 13.8. The van der Waals surface area contributed by atoms with Crippen molar-refractivity contribution in [1.29, 1.82) is 0 Å². The molecule has 2 heterocycles. The van der Waals surface area contributed by atoms with Crippen molar-refractivity contribution in [3.63, 3.8) is 0 Å². The lowest BCUT2D eigenvalue weighted by Gasteiger charge is -2.35. The first-order chi connectivity index (χ1) is 14.7. The molecule has 2 fully saturated rings. The van der Waals surface area contributed by atoms with Crippen molar-refractivity contribution in [3.8, 4) is 0 Å². The number of nitrogens with zero attached hydrogens (tertiary/aromatic N) is 2. The van der Waals surface area contributed by atoms with Crippen LogP contribution < -0.4 is 0 Å². The lowest BCUT2D eigenvalue weighted by Crippen LogP contribution is -2.39. The van der Waals surface area contributed by atoms with Gasteiger partial charge in [-0.05, 0) is 110 Å². The van der Waals surface area contributed by atoms with E-state index >= 15 is 0 Å². The summed E-state index contributed by atoms with van der Waals surface area (Å²) in [5.41, 5.74) is 0. The van der Waals surface area contributed by atoms with E-state index < -0.39 is 0 Å². The van der Waals surface area contributed by atoms with E-state index in [-0.39, 0.29) is 0 Å². The minimum Gasteiger partial charge on any atom is -0.381 e. The SMILES string of the molecule is CC.CC(C)C(C)CCC1CCN(C(C)C)CC1.CCOCC1CCN(C(C)C)CC1. The molecule has 0 aromatic carbocycles. The van der Waals surface area contributed by atoms with Crippen molar-refractivity contribution in [2.45, 2.75) is 120 Å². The van der Waals surface area contributed by atoms with Gasteiger partial charge in [-0.25, -0.2) is 0 Å². The Labute approximate surface area is 197 Å². The van der Waals surface area contributed by atoms with Crippen molar-refractivity contribution >= 4 is 0 Å². The van der Waals surface area contributed by atoms with Gasteiger partial charge in [-0.15, -0.1) is 0 Å². The minimum atomic E-state index is 0.716. The van der Waals surface area contributed by atoms with E-state index in [1.165, 1.54) is 64.7 Å². The van der Waals surface area contributed by atoms with Crippen LogP contribution >= 0.6 is 0 Å². The summed E-state index contributed by atoms with van der Waals surface area (Å²) >= 11 is 0. The largest absolute Gasteiger partial charge is 0.381 e. The molecule has 2 aliphatic rings. The zero-order chi connectivity index (χ0) is 23.8. The Hall–Kier alpha value is -0.120. The summed E-state index contributed by atoms with van der Waals surface area (Å²) in [6.45, 7) is 29.4. The molecule has 1 unspecified atom stereocenters. The van der Waals surface area contributed by atoms with Crippen LogP contribution in [0.15, 0.2) is 0 Å². The van der Waals surface area contributed by atoms with Crippen LogP contribution in [0.4, 0.5) is 0 Å². The normalized spacial score (nSPS) is 20.4. The molecule has 3 heteroatoms. The molecule has 188 valence electrons. The van der Waals surface area contributed by atoms with E-state index in [1.54, 1.807) is 0 Å². The molecule has 1 atom stereocenters. The fourth-order valence-corrected chi connectivity index (χ4v) is 4.51. The van der Waals surface area contributed by atoms with Gasteiger partial charge in [0.25, 0.3) is 0 Å². The quantitative estimate of drug-likeness (QED) is 0.373. The summed E-state index contributed by atoms with van der Waals surface area (Å²) in [4.78, 5) is 5.19. The highest BCUT2D eigenvalue weighted by atomic mass is 16.5. The average molecular weight is 441 g/mol. The third-order valence-electron chi connectivity index (χ3n) is 7.48. The fraction of sp³-hybridized carbons (Fsp3) is 1.00. The summed E-state index contributed by atoms with van der Waals surface area (Å²) in [5, 5.41) is 0. The molecule has 0 aromatic heterocycles. The van der Waals surface area contributed by atoms with Gasteiger partial charge in [-0.1, -0.05) is 47.5 Å². The maximum atomic E-state index is 5.45. The zero-order valence-electron chi connectivity index (χ0n) is 23.3. The summed E-state index contributed by atoms with van der Waals surface area (Å²) < 4.78 is 5.45. The first kappa shape index (κ1) is 30.9. The molecule has 0 aromatic rings. The molecule has 0 radical (unpaired) electrons. The second-order valence-electron chi connectivity index (χ2n) is 10.6. The average Bonchev–Trinajstić information content (AvgIpc) is 2.78. The molecule has 2 aliphatic heterocycles. The van der Waals surface area contributed by atoms with Gasteiger partial charge in [-0.2, -0.15) is 0 Å². The maximum Gasteiger partial charge on any atom is 0.0495 e. The van der Waals surface area contributed by atoms with Crippen LogP contribution in [0.1, 0.15) is 108 Å². The highest BCUT2D eigenvalue weighted by Gasteiger charge is 2.22. The first-order valence-electron chi connectivity index (χ1n) is 13.8. The molecule has 2 rings (SSSR count). The Morgan fingerprint density at radius 3 is 1.48 bits per heavy atom. The molecule has 31 heavy (non-hydrogen) atoms.